The maximum atomic E-state index is 13.0. The number of aliphatic hydroxyl groups excluding tert-OH is 1. The molecule has 0 unspecified atom stereocenters. The topological polar surface area (TPSA) is 93.3 Å². The summed E-state index contributed by atoms with van der Waals surface area (Å²) in [6.45, 7) is 1.88. The molecule has 1 aromatic carbocycles. The fourth-order valence-electron chi connectivity index (χ4n) is 4.45. The normalized spacial score (nSPS) is 26.1. The van der Waals surface area contributed by atoms with Gasteiger partial charge in [-0.3, -0.25) is 4.68 Å². The summed E-state index contributed by atoms with van der Waals surface area (Å²) in [6.07, 6.45) is -0.0937. The number of ether oxygens (including phenoxy) is 1. The van der Waals surface area contributed by atoms with Crippen LogP contribution in [-0.4, -0.2) is 48.8 Å². The number of aliphatic hydroxyl groups is 1. The minimum atomic E-state index is -4.55. The van der Waals surface area contributed by atoms with Crippen LogP contribution in [0.2, 0.25) is 0 Å². The van der Waals surface area contributed by atoms with Crippen LogP contribution in [0, 0.1) is 6.92 Å². The predicted octanol–water partition coefficient (Wildman–Crippen LogP) is 2.78. The first-order valence-corrected chi connectivity index (χ1v) is 9.04. The number of phenols is 1. The lowest BCUT2D eigenvalue weighted by molar-refractivity contribution is -0.137. The zero-order valence-electron chi connectivity index (χ0n) is 15.4. The minimum Gasteiger partial charge on any atom is -0.507 e. The van der Waals surface area contributed by atoms with Crippen LogP contribution in [0.15, 0.2) is 24.5 Å². The van der Waals surface area contributed by atoms with Crippen LogP contribution in [0.25, 0.3) is 22.4 Å². The summed E-state index contributed by atoms with van der Waals surface area (Å²) in [4.78, 5) is 8.73. The van der Waals surface area contributed by atoms with Gasteiger partial charge in [0.15, 0.2) is 5.65 Å². The number of benzene rings is 1. The molecule has 10 heteroatoms. The molecule has 0 amide bonds. The lowest BCUT2D eigenvalue weighted by atomic mass is 9.69. The minimum absolute atomic E-state index is 0.0390. The van der Waals surface area contributed by atoms with E-state index in [0.717, 1.165) is 6.07 Å². The largest absolute Gasteiger partial charge is 0.507 e. The molecule has 2 aliphatic heterocycles. The van der Waals surface area contributed by atoms with E-state index in [2.05, 4.69) is 15.1 Å². The molecule has 7 nitrogen and oxygen atoms in total. The van der Waals surface area contributed by atoms with E-state index < -0.39 is 23.1 Å². The number of alkyl halides is 3. The number of hydrogen-bond acceptors (Lipinski definition) is 6. The quantitative estimate of drug-likeness (QED) is 0.695. The van der Waals surface area contributed by atoms with E-state index in [9.17, 15) is 23.4 Å². The van der Waals surface area contributed by atoms with Crippen molar-refractivity contribution in [1.29, 1.82) is 0 Å². The van der Waals surface area contributed by atoms with Crippen molar-refractivity contribution in [3.63, 3.8) is 0 Å². The second-order valence-corrected chi connectivity index (χ2v) is 7.93. The van der Waals surface area contributed by atoms with Crippen LogP contribution in [0.3, 0.4) is 0 Å². The van der Waals surface area contributed by atoms with Crippen molar-refractivity contribution in [3.05, 3.63) is 35.7 Å². The van der Waals surface area contributed by atoms with Gasteiger partial charge in [0.05, 0.1) is 48.0 Å². The van der Waals surface area contributed by atoms with E-state index >= 15 is 0 Å². The van der Waals surface area contributed by atoms with Crippen molar-refractivity contribution in [1.82, 2.24) is 19.7 Å². The van der Waals surface area contributed by atoms with Gasteiger partial charge in [-0.05, 0) is 24.6 Å². The zero-order valence-corrected chi connectivity index (χ0v) is 15.4. The highest BCUT2D eigenvalue weighted by molar-refractivity contribution is 5.77. The summed E-state index contributed by atoms with van der Waals surface area (Å²) in [6, 6.07) is 1.65. The maximum absolute atomic E-state index is 13.0. The predicted molar refractivity (Wildman–Crippen MR) is 95.1 cm³/mol. The van der Waals surface area contributed by atoms with Crippen molar-refractivity contribution in [2.24, 2.45) is 0 Å². The number of rotatable bonds is 3. The maximum Gasteiger partial charge on any atom is 0.416 e. The SMILES string of the molecule is Cc1cc(C(F)(F)F)cc(O)c1-c1cnc2cn(C34COC(CO)(C3)C4)nc2n1. The van der Waals surface area contributed by atoms with E-state index in [1.807, 2.05) is 0 Å². The Labute approximate surface area is 162 Å². The molecule has 2 N–H and O–H groups in total. The van der Waals surface area contributed by atoms with Gasteiger partial charge < -0.3 is 14.9 Å². The van der Waals surface area contributed by atoms with Crippen molar-refractivity contribution >= 4 is 11.2 Å². The summed E-state index contributed by atoms with van der Waals surface area (Å²) in [5, 5.41) is 24.2. The molecule has 0 radical (unpaired) electrons. The second kappa shape index (κ2) is 5.67. The molecule has 0 atom stereocenters. The molecule has 152 valence electrons. The third-order valence-corrected chi connectivity index (χ3v) is 5.85. The average Bonchev–Trinajstić information content (AvgIpc) is 3.31. The summed E-state index contributed by atoms with van der Waals surface area (Å²) in [5.74, 6) is -0.514. The van der Waals surface area contributed by atoms with Crippen molar-refractivity contribution in [2.75, 3.05) is 13.2 Å². The van der Waals surface area contributed by atoms with Crippen LogP contribution >= 0.6 is 0 Å². The Morgan fingerprint density at radius 3 is 2.66 bits per heavy atom. The summed E-state index contributed by atoms with van der Waals surface area (Å²) in [7, 11) is 0. The van der Waals surface area contributed by atoms with Crippen molar-refractivity contribution in [2.45, 2.75) is 37.1 Å². The summed E-state index contributed by atoms with van der Waals surface area (Å²) in [5.41, 5.74) is -0.237. The van der Waals surface area contributed by atoms with Crippen LogP contribution in [-0.2, 0) is 16.5 Å². The molecular weight excluding hydrogens is 389 g/mol. The first-order chi connectivity index (χ1) is 13.6. The molecule has 2 bridgehead atoms. The number of nitrogens with zero attached hydrogens (tertiary/aromatic N) is 4. The van der Waals surface area contributed by atoms with Gasteiger partial charge in [0.25, 0.3) is 0 Å². The van der Waals surface area contributed by atoms with Gasteiger partial charge in [0, 0.05) is 18.4 Å². The number of fused-ring (bicyclic) bond motifs is 2. The van der Waals surface area contributed by atoms with Gasteiger partial charge in [-0.25, -0.2) is 9.97 Å². The molecule has 6 rings (SSSR count). The number of aryl methyl sites for hydroxylation is 1. The molecule has 4 heterocycles. The van der Waals surface area contributed by atoms with E-state index in [-0.39, 0.29) is 29.0 Å². The number of phenolic OH excluding ortho intramolecular Hbond substituents is 1. The first-order valence-electron chi connectivity index (χ1n) is 9.04. The van der Waals surface area contributed by atoms with Crippen molar-refractivity contribution in [3.8, 4) is 17.0 Å². The molecule has 3 aromatic rings. The van der Waals surface area contributed by atoms with Gasteiger partial charge >= 0.3 is 6.18 Å². The number of aromatic hydroxyl groups is 1. The Kier molecular flexibility index (Phi) is 3.58. The second-order valence-electron chi connectivity index (χ2n) is 7.93. The van der Waals surface area contributed by atoms with Crippen LogP contribution < -0.4 is 0 Å². The molecule has 1 aliphatic carbocycles. The highest BCUT2D eigenvalue weighted by Gasteiger charge is 2.64. The fraction of sp³-hybridized carbons (Fsp3) is 0.421. The highest BCUT2D eigenvalue weighted by atomic mass is 19.4. The van der Waals surface area contributed by atoms with E-state index in [1.54, 1.807) is 10.9 Å². The summed E-state index contributed by atoms with van der Waals surface area (Å²) >= 11 is 0. The average molecular weight is 406 g/mol. The molecule has 2 saturated heterocycles. The smallest absolute Gasteiger partial charge is 0.416 e. The fourth-order valence-corrected chi connectivity index (χ4v) is 4.45. The monoisotopic (exact) mass is 406 g/mol. The molecule has 1 saturated carbocycles. The van der Waals surface area contributed by atoms with E-state index in [4.69, 9.17) is 4.74 Å². The Bertz CT molecular complexity index is 1110. The summed E-state index contributed by atoms with van der Waals surface area (Å²) < 4.78 is 46.3. The lowest BCUT2D eigenvalue weighted by Crippen LogP contribution is -2.52. The highest BCUT2D eigenvalue weighted by Crippen LogP contribution is 2.55. The number of hydrogen-bond donors (Lipinski definition) is 2. The van der Waals surface area contributed by atoms with Gasteiger partial charge in [-0.1, -0.05) is 0 Å². The third-order valence-electron chi connectivity index (χ3n) is 5.85. The Balaban J connectivity index is 1.53. The third kappa shape index (κ3) is 2.62. The van der Waals surface area contributed by atoms with Gasteiger partial charge in [0.1, 0.15) is 11.3 Å². The molecule has 29 heavy (non-hydrogen) atoms. The number of halogens is 3. The van der Waals surface area contributed by atoms with Crippen LogP contribution in [0.5, 0.6) is 5.75 Å². The molecule has 0 spiro atoms. The molecular formula is C19H17F3N4O3. The zero-order chi connectivity index (χ0) is 20.6. The first kappa shape index (κ1) is 18.3. The Hall–Kier alpha value is -2.72. The number of aromatic nitrogens is 4. The van der Waals surface area contributed by atoms with Crippen molar-refractivity contribution < 1.29 is 28.1 Å². The van der Waals surface area contributed by atoms with Gasteiger partial charge in [-0.2, -0.15) is 13.2 Å². The standard InChI is InChI=1S/C19H17F3N4O3/c1-10-2-11(19(20,21)22)3-14(28)15(10)12-4-23-13-5-26(25-16(13)24-12)17-6-18(7-17,8-27)29-9-17/h2-5,27-28H,6-9H2,1H3. The van der Waals surface area contributed by atoms with Crippen LogP contribution in [0.1, 0.15) is 24.0 Å². The molecule has 3 fully saturated rings. The Morgan fingerprint density at radius 2 is 2.03 bits per heavy atom. The van der Waals surface area contributed by atoms with Gasteiger partial charge in [0.2, 0.25) is 0 Å². The van der Waals surface area contributed by atoms with E-state index in [0.29, 0.717) is 36.7 Å². The molecule has 2 aromatic heterocycles. The lowest BCUT2D eigenvalue weighted by Gasteiger charge is -2.43. The Morgan fingerprint density at radius 1 is 1.28 bits per heavy atom. The van der Waals surface area contributed by atoms with Crippen LogP contribution in [0.4, 0.5) is 13.2 Å². The van der Waals surface area contributed by atoms with E-state index in [1.165, 1.54) is 13.1 Å². The van der Waals surface area contributed by atoms with Gasteiger partial charge in [-0.15, -0.1) is 5.10 Å². The molecule has 3 aliphatic rings.